The molecule has 0 spiro atoms. The van der Waals surface area contributed by atoms with Crippen molar-refractivity contribution in [3.63, 3.8) is 0 Å². The van der Waals surface area contributed by atoms with Crippen molar-refractivity contribution in [2.24, 2.45) is 11.7 Å². The number of likely N-dealkylation sites (N-methyl/N-ethyl adjacent to an activating group) is 1. The average Bonchev–Trinajstić information content (AvgIpc) is 2.33. The van der Waals surface area contributed by atoms with E-state index < -0.39 is 0 Å². The zero-order chi connectivity index (χ0) is 13.1. The number of likely N-dealkylation sites (tertiary alicyclic amines) is 1. The molecule has 1 aliphatic heterocycles. The van der Waals surface area contributed by atoms with Gasteiger partial charge in [-0.3, -0.25) is 0 Å². The molecule has 2 atom stereocenters. The molecule has 2 N–H and O–H groups in total. The van der Waals surface area contributed by atoms with Crippen LogP contribution in [0, 0.1) is 19.8 Å². The second-order valence-corrected chi connectivity index (χ2v) is 5.84. The lowest BCUT2D eigenvalue weighted by molar-refractivity contribution is 0.163. The highest BCUT2D eigenvalue weighted by atomic mass is 15.1. The standard InChI is InChI=1S/C16H26N2/c1-4-18-10-15(9-16(17)11-18)8-14-6-5-12(2)13(3)7-14/h5-7,15-16H,4,8-11,17H2,1-3H3. The molecule has 0 saturated carbocycles. The molecular formula is C16H26N2. The Bertz CT molecular complexity index is 400. The van der Waals surface area contributed by atoms with Crippen molar-refractivity contribution >= 4 is 0 Å². The number of aryl methyl sites for hydroxylation is 2. The number of rotatable bonds is 3. The van der Waals surface area contributed by atoms with Crippen LogP contribution in [0.15, 0.2) is 18.2 Å². The van der Waals surface area contributed by atoms with E-state index in [0.717, 1.165) is 19.0 Å². The molecule has 2 unspecified atom stereocenters. The fourth-order valence-corrected chi connectivity index (χ4v) is 3.02. The largest absolute Gasteiger partial charge is 0.327 e. The van der Waals surface area contributed by atoms with Crippen LogP contribution in [0.2, 0.25) is 0 Å². The molecule has 1 fully saturated rings. The predicted octanol–water partition coefficient (Wildman–Crippen LogP) is 2.52. The van der Waals surface area contributed by atoms with Crippen LogP contribution < -0.4 is 5.73 Å². The lowest BCUT2D eigenvalue weighted by Crippen LogP contribution is -2.47. The Morgan fingerprint density at radius 3 is 2.67 bits per heavy atom. The monoisotopic (exact) mass is 246 g/mol. The average molecular weight is 246 g/mol. The second-order valence-electron chi connectivity index (χ2n) is 5.84. The van der Waals surface area contributed by atoms with Crippen LogP contribution >= 0.6 is 0 Å². The predicted molar refractivity (Wildman–Crippen MR) is 77.8 cm³/mol. The summed E-state index contributed by atoms with van der Waals surface area (Å²) in [5.41, 5.74) is 10.4. The van der Waals surface area contributed by atoms with Gasteiger partial charge in [-0.05, 0) is 55.8 Å². The molecule has 2 nitrogen and oxygen atoms in total. The van der Waals surface area contributed by atoms with Gasteiger partial charge >= 0.3 is 0 Å². The first-order chi connectivity index (χ1) is 8.58. The number of nitrogens with zero attached hydrogens (tertiary/aromatic N) is 1. The summed E-state index contributed by atoms with van der Waals surface area (Å²) < 4.78 is 0. The zero-order valence-electron chi connectivity index (χ0n) is 11.9. The third kappa shape index (κ3) is 3.33. The SMILES string of the molecule is CCN1CC(N)CC(Cc2ccc(C)c(C)c2)C1. The molecule has 0 amide bonds. The van der Waals surface area contributed by atoms with Crippen molar-refractivity contribution in [1.82, 2.24) is 4.90 Å². The first-order valence-electron chi connectivity index (χ1n) is 7.12. The van der Waals surface area contributed by atoms with Crippen molar-refractivity contribution in [2.45, 2.75) is 39.7 Å². The normalized spacial score (nSPS) is 25.3. The molecule has 1 aromatic carbocycles. The number of hydrogen-bond acceptors (Lipinski definition) is 2. The van der Waals surface area contributed by atoms with Crippen molar-refractivity contribution in [3.05, 3.63) is 34.9 Å². The van der Waals surface area contributed by atoms with E-state index in [4.69, 9.17) is 5.73 Å². The summed E-state index contributed by atoms with van der Waals surface area (Å²) in [6.07, 6.45) is 2.34. The molecule has 0 aliphatic carbocycles. The smallest absolute Gasteiger partial charge is 0.0171 e. The van der Waals surface area contributed by atoms with Crippen LogP contribution in [0.1, 0.15) is 30.0 Å². The maximum absolute atomic E-state index is 6.16. The lowest BCUT2D eigenvalue weighted by atomic mass is 9.88. The minimum Gasteiger partial charge on any atom is -0.327 e. The Morgan fingerprint density at radius 1 is 1.22 bits per heavy atom. The van der Waals surface area contributed by atoms with Crippen LogP contribution in [0.25, 0.3) is 0 Å². The number of hydrogen-bond donors (Lipinski definition) is 1. The molecule has 100 valence electrons. The highest BCUT2D eigenvalue weighted by molar-refractivity contribution is 5.30. The van der Waals surface area contributed by atoms with E-state index in [0.29, 0.717) is 6.04 Å². The van der Waals surface area contributed by atoms with Crippen LogP contribution in [0.5, 0.6) is 0 Å². The summed E-state index contributed by atoms with van der Waals surface area (Å²) in [6, 6.07) is 7.21. The minimum absolute atomic E-state index is 0.357. The summed E-state index contributed by atoms with van der Waals surface area (Å²) in [5, 5.41) is 0. The first-order valence-corrected chi connectivity index (χ1v) is 7.12. The van der Waals surface area contributed by atoms with Gasteiger partial charge in [0.15, 0.2) is 0 Å². The van der Waals surface area contributed by atoms with Crippen molar-refractivity contribution in [2.75, 3.05) is 19.6 Å². The van der Waals surface area contributed by atoms with E-state index in [1.807, 2.05) is 0 Å². The third-order valence-electron chi connectivity index (χ3n) is 4.19. The summed E-state index contributed by atoms with van der Waals surface area (Å²) in [6.45, 7) is 10.00. The lowest BCUT2D eigenvalue weighted by Gasteiger charge is -2.35. The maximum Gasteiger partial charge on any atom is 0.0171 e. The summed E-state index contributed by atoms with van der Waals surface area (Å²) >= 11 is 0. The molecule has 2 heteroatoms. The molecular weight excluding hydrogens is 220 g/mol. The molecule has 1 aliphatic rings. The second kappa shape index (κ2) is 5.85. The molecule has 2 rings (SSSR count). The Hall–Kier alpha value is -0.860. The van der Waals surface area contributed by atoms with E-state index >= 15 is 0 Å². The van der Waals surface area contributed by atoms with Crippen LogP contribution in [-0.2, 0) is 6.42 Å². The summed E-state index contributed by atoms with van der Waals surface area (Å²) in [5.74, 6) is 0.718. The van der Waals surface area contributed by atoms with E-state index in [1.165, 1.54) is 36.1 Å². The van der Waals surface area contributed by atoms with Gasteiger partial charge in [-0.25, -0.2) is 0 Å². The Labute approximate surface area is 111 Å². The van der Waals surface area contributed by atoms with Crippen molar-refractivity contribution < 1.29 is 0 Å². The van der Waals surface area contributed by atoms with Gasteiger partial charge in [0.2, 0.25) is 0 Å². The Kier molecular flexibility index (Phi) is 4.41. The molecule has 1 heterocycles. The van der Waals surface area contributed by atoms with Crippen LogP contribution in [0.4, 0.5) is 0 Å². The third-order valence-corrected chi connectivity index (χ3v) is 4.19. The van der Waals surface area contributed by atoms with Crippen LogP contribution in [-0.4, -0.2) is 30.6 Å². The fraction of sp³-hybridized carbons (Fsp3) is 0.625. The van der Waals surface area contributed by atoms with Crippen molar-refractivity contribution in [3.8, 4) is 0 Å². The molecule has 1 aromatic rings. The summed E-state index contributed by atoms with van der Waals surface area (Å²) in [4.78, 5) is 2.49. The number of nitrogens with two attached hydrogens (primary N) is 1. The first kappa shape index (κ1) is 13.6. The number of benzene rings is 1. The molecule has 18 heavy (non-hydrogen) atoms. The van der Waals surface area contributed by atoms with Gasteiger partial charge < -0.3 is 10.6 Å². The Morgan fingerprint density at radius 2 is 2.00 bits per heavy atom. The van der Waals surface area contributed by atoms with Gasteiger partial charge in [-0.2, -0.15) is 0 Å². The van der Waals surface area contributed by atoms with E-state index in [1.54, 1.807) is 0 Å². The highest BCUT2D eigenvalue weighted by Gasteiger charge is 2.24. The Balaban J connectivity index is 2.01. The van der Waals surface area contributed by atoms with E-state index in [-0.39, 0.29) is 0 Å². The van der Waals surface area contributed by atoms with E-state index in [9.17, 15) is 0 Å². The molecule has 0 radical (unpaired) electrons. The molecule has 0 bridgehead atoms. The van der Waals surface area contributed by atoms with Gasteiger partial charge in [0.1, 0.15) is 0 Å². The van der Waals surface area contributed by atoms with Gasteiger partial charge in [-0.1, -0.05) is 25.1 Å². The quantitative estimate of drug-likeness (QED) is 0.888. The van der Waals surface area contributed by atoms with Gasteiger partial charge in [-0.15, -0.1) is 0 Å². The van der Waals surface area contributed by atoms with Crippen LogP contribution in [0.3, 0.4) is 0 Å². The number of piperidine rings is 1. The van der Waals surface area contributed by atoms with Gasteiger partial charge in [0, 0.05) is 19.1 Å². The molecule has 0 aromatic heterocycles. The minimum atomic E-state index is 0.357. The highest BCUT2D eigenvalue weighted by Crippen LogP contribution is 2.21. The van der Waals surface area contributed by atoms with Gasteiger partial charge in [0.05, 0.1) is 0 Å². The molecule has 1 saturated heterocycles. The van der Waals surface area contributed by atoms with Gasteiger partial charge in [0.25, 0.3) is 0 Å². The summed E-state index contributed by atoms with van der Waals surface area (Å²) in [7, 11) is 0. The fourth-order valence-electron chi connectivity index (χ4n) is 3.02. The topological polar surface area (TPSA) is 29.3 Å². The zero-order valence-corrected chi connectivity index (χ0v) is 11.9. The van der Waals surface area contributed by atoms with Crippen molar-refractivity contribution in [1.29, 1.82) is 0 Å². The van der Waals surface area contributed by atoms with E-state index in [2.05, 4.69) is 43.9 Å². The maximum atomic E-state index is 6.16.